The van der Waals surface area contributed by atoms with Crippen molar-refractivity contribution < 1.29 is 24.1 Å². The van der Waals surface area contributed by atoms with Crippen LogP contribution in [-0.4, -0.2) is 44.6 Å². The number of benzene rings is 1. The molecule has 0 aliphatic carbocycles. The van der Waals surface area contributed by atoms with Crippen LogP contribution in [0.1, 0.15) is 15.9 Å². The Morgan fingerprint density at radius 3 is 2.67 bits per heavy atom. The second-order valence-corrected chi connectivity index (χ2v) is 3.71. The highest BCUT2D eigenvalue weighted by Crippen LogP contribution is 2.21. The lowest BCUT2D eigenvalue weighted by Gasteiger charge is -2.08. The smallest absolute Gasteiger partial charge is 0.342 e. The Labute approximate surface area is 106 Å². The molecule has 0 aliphatic heterocycles. The largest absolute Gasteiger partial charge is 0.507 e. The summed E-state index contributed by atoms with van der Waals surface area (Å²) in [5, 5.41) is 9.69. The van der Waals surface area contributed by atoms with E-state index in [0.717, 1.165) is 0 Å². The molecule has 0 aliphatic rings. The van der Waals surface area contributed by atoms with E-state index < -0.39 is 5.97 Å². The molecule has 1 N–H and O–H groups in total. The third kappa shape index (κ3) is 4.35. The summed E-state index contributed by atoms with van der Waals surface area (Å²) in [7, 11) is 1.59. The highest BCUT2D eigenvalue weighted by molar-refractivity contribution is 5.92. The molecule has 18 heavy (non-hydrogen) atoms. The summed E-state index contributed by atoms with van der Waals surface area (Å²) in [5.41, 5.74) is 0.813. The number of hydrogen-bond donors (Lipinski definition) is 1. The zero-order valence-electron chi connectivity index (χ0n) is 10.6. The summed E-state index contributed by atoms with van der Waals surface area (Å²) in [4.78, 5) is 11.6. The van der Waals surface area contributed by atoms with Gasteiger partial charge in [-0.3, -0.25) is 0 Å². The van der Waals surface area contributed by atoms with Crippen molar-refractivity contribution >= 4 is 5.97 Å². The molecule has 0 spiro atoms. The molecule has 100 valence electrons. The van der Waals surface area contributed by atoms with Crippen LogP contribution in [0.25, 0.3) is 0 Å². The molecule has 0 saturated heterocycles. The van der Waals surface area contributed by atoms with Gasteiger partial charge in [-0.1, -0.05) is 12.1 Å². The number of phenolic OH excluding ortho intramolecular Hbond substituents is 1. The molecule has 0 amide bonds. The minimum atomic E-state index is -0.549. The van der Waals surface area contributed by atoms with Gasteiger partial charge in [-0.2, -0.15) is 0 Å². The van der Waals surface area contributed by atoms with Crippen LogP contribution < -0.4 is 0 Å². The third-order valence-electron chi connectivity index (χ3n) is 2.35. The Morgan fingerprint density at radius 2 is 1.94 bits per heavy atom. The summed E-state index contributed by atoms with van der Waals surface area (Å²) < 4.78 is 14.9. The lowest BCUT2D eigenvalue weighted by Crippen LogP contribution is -2.12. The minimum absolute atomic E-state index is 0.0391. The summed E-state index contributed by atoms with van der Waals surface area (Å²) >= 11 is 0. The Balaban J connectivity index is 2.35. The molecule has 5 heteroatoms. The normalized spacial score (nSPS) is 10.3. The molecule has 0 fully saturated rings. The molecule has 1 rings (SSSR count). The van der Waals surface area contributed by atoms with Crippen molar-refractivity contribution in [3.05, 3.63) is 29.3 Å². The van der Waals surface area contributed by atoms with E-state index >= 15 is 0 Å². The van der Waals surface area contributed by atoms with E-state index in [9.17, 15) is 9.90 Å². The van der Waals surface area contributed by atoms with Crippen molar-refractivity contribution in [3.63, 3.8) is 0 Å². The topological polar surface area (TPSA) is 65.0 Å². The van der Waals surface area contributed by atoms with E-state index in [1.807, 2.05) is 0 Å². The Kier molecular flexibility index (Phi) is 6.18. The molecule has 0 unspecified atom stereocenters. The fraction of sp³-hybridized carbons (Fsp3) is 0.462. The number of carbonyl (C=O) groups is 1. The summed E-state index contributed by atoms with van der Waals surface area (Å²) in [6.45, 7) is 3.15. The van der Waals surface area contributed by atoms with Crippen molar-refractivity contribution in [2.45, 2.75) is 6.92 Å². The van der Waals surface area contributed by atoms with Crippen molar-refractivity contribution in [3.8, 4) is 5.75 Å². The quantitative estimate of drug-likeness (QED) is 0.590. The summed E-state index contributed by atoms with van der Waals surface area (Å²) in [5.74, 6) is -0.589. The maximum Gasteiger partial charge on any atom is 0.342 e. The Hall–Kier alpha value is -1.59. The van der Waals surface area contributed by atoms with Crippen molar-refractivity contribution in [1.29, 1.82) is 0 Å². The minimum Gasteiger partial charge on any atom is -0.507 e. The van der Waals surface area contributed by atoms with E-state index in [1.165, 1.54) is 6.07 Å². The van der Waals surface area contributed by atoms with Crippen LogP contribution in [-0.2, 0) is 14.2 Å². The third-order valence-corrected chi connectivity index (χ3v) is 2.35. The van der Waals surface area contributed by atoms with E-state index in [-0.39, 0.29) is 17.9 Å². The predicted octanol–water partition coefficient (Wildman–Crippen LogP) is 1.52. The molecule has 0 bridgehead atoms. The molecule has 5 nitrogen and oxygen atoms in total. The average molecular weight is 254 g/mol. The Morgan fingerprint density at radius 1 is 1.22 bits per heavy atom. The molecule has 0 atom stereocenters. The molecule has 1 aromatic carbocycles. The number of aromatic hydroxyl groups is 1. The second kappa shape index (κ2) is 7.68. The van der Waals surface area contributed by atoms with Gasteiger partial charge in [0, 0.05) is 7.11 Å². The van der Waals surface area contributed by atoms with Gasteiger partial charge in [-0.25, -0.2) is 4.79 Å². The van der Waals surface area contributed by atoms with Crippen LogP contribution in [0.2, 0.25) is 0 Å². The van der Waals surface area contributed by atoms with Gasteiger partial charge < -0.3 is 19.3 Å². The van der Waals surface area contributed by atoms with Gasteiger partial charge in [-0.15, -0.1) is 0 Å². The molecule has 0 heterocycles. The number of phenols is 1. The number of aryl methyl sites for hydroxylation is 1. The summed E-state index contributed by atoms with van der Waals surface area (Å²) in [6, 6.07) is 4.94. The molecular formula is C13H18O5. The number of carbonyl (C=O) groups excluding carboxylic acids is 1. The second-order valence-electron chi connectivity index (χ2n) is 3.71. The Bertz CT molecular complexity index is 389. The van der Waals surface area contributed by atoms with Gasteiger partial charge >= 0.3 is 5.97 Å². The van der Waals surface area contributed by atoms with Gasteiger partial charge in [0.05, 0.1) is 19.8 Å². The van der Waals surface area contributed by atoms with Crippen LogP contribution in [0.3, 0.4) is 0 Å². The number of hydrogen-bond acceptors (Lipinski definition) is 5. The van der Waals surface area contributed by atoms with Crippen LogP contribution in [0, 0.1) is 6.92 Å². The van der Waals surface area contributed by atoms with Gasteiger partial charge in [0.1, 0.15) is 17.9 Å². The fourth-order valence-electron chi connectivity index (χ4n) is 1.34. The van der Waals surface area contributed by atoms with Crippen LogP contribution >= 0.6 is 0 Å². The highest BCUT2D eigenvalue weighted by atomic mass is 16.6. The first-order valence-corrected chi connectivity index (χ1v) is 5.69. The summed E-state index contributed by atoms with van der Waals surface area (Å²) in [6.07, 6.45) is 0. The first-order chi connectivity index (χ1) is 8.66. The molecule has 1 aromatic rings. The molecule has 0 aromatic heterocycles. The maximum atomic E-state index is 11.6. The van der Waals surface area contributed by atoms with E-state index in [0.29, 0.717) is 25.4 Å². The first kappa shape index (κ1) is 14.5. The number of esters is 1. The van der Waals surface area contributed by atoms with Gasteiger partial charge in [-0.05, 0) is 18.6 Å². The van der Waals surface area contributed by atoms with Crippen LogP contribution in [0.5, 0.6) is 5.75 Å². The van der Waals surface area contributed by atoms with Crippen LogP contribution in [0.15, 0.2) is 18.2 Å². The zero-order chi connectivity index (χ0) is 13.4. The van der Waals surface area contributed by atoms with E-state index in [1.54, 1.807) is 26.2 Å². The molecular weight excluding hydrogens is 236 g/mol. The lowest BCUT2D eigenvalue weighted by molar-refractivity contribution is 0.0211. The first-order valence-electron chi connectivity index (χ1n) is 5.69. The highest BCUT2D eigenvalue weighted by Gasteiger charge is 2.13. The van der Waals surface area contributed by atoms with E-state index in [2.05, 4.69) is 0 Å². The van der Waals surface area contributed by atoms with Crippen LogP contribution in [0.4, 0.5) is 0 Å². The zero-order valence-corrected chi connectivity index (χ0v) is 10.6. The monoisotopic (exact) mass is 254 g/mol. The number of methoxy groups -OCH3 is 1. The SMILES string of the molecule is COCCOCCOC(=O)c1cccc(C)c1O. The predicted molar refractivity (Wildman–Crippen MR) is 65.8 cm³/mol. The van der Waals surface area contributed by atoms with Gasteiger partial charge in [0.25, 0.3) is 0 Å². The van der Waals surface area contributed by atoms with Gasteiger partial charge in [0.2, 0.25) is 0 Å². The average Bonchev–Trinajstić information content (AvgIpc) is 2.36. The lowest BCUT2D eigenvalue weighted by atomic mass is 10.1. The van der Waals surface area contributed by atoms with E-state index in [4.69, 9.17) is 14.2 Å². The number of rotatable bonds is 7. The fourth-order valence-corrected chi connectivity index (χ4v) is 1.34. The standard InChI is InChI=1S/C13H18O5/c1-10-4-3-5-11(12(10)14)13(15)18-9-8-17-7-6-16-2/h3-5,14H,6-9H2,1-2H3. The number of ether oxygens (including phenoxy) is 3. The van der Waals surface area contributed by atoms with Gasteiger partial charge in [0.15, 0.2) is 0 Å². The van der Waals surface area contributed by atoms with Crippen molar-refractivity contribution in [2.24, 2.45) is 0 Å². The molecule has 0 saturated carbocycles. The maximum absolute atomic E-state index is 11.6. The number of para-hydroxylation sites is 1. The van der Waals surface area contributed by atoms with Crippen molar-refractivity contribution in [2.75, 3.05) is 33.5 Å². The van der Waals surface area contributed by atoms with Crippen molar-refractivity contribution in [1.82, 2.24) is 0 Å². The molecule has 0 radical (unpaired) electrons.